The zero-order valence-electron chi connectivity index (χ0n) is 12.9. The van der Waals surface area contributed by atoms with E-state index in [0.717, 1.165) is 5.56 Å². The molecule has 2 rings (SSSR count). The predicted octanol–water partition coefficient (Wildman–Crippen LogP) is 5.12. The van der Waals surface area contributed by atoms with Gasteiger partial charge in [0.25, 0.3) is 0 Å². The monoisotopic (exact) mass is 336 g/mol. The highest BCUT2D eigenvalue weighted by atomic mass is 31.2. The number of rotatable bonds is 7. The van der Waals surface area contributed by atoms with Gasteiger partial charge in [0.1, 0.15) is 5.75 Å². The Morgan fingerprint density at radius 3 is 2.43 bits per heavy atom. The maximum absolute atomic E-state index is 13.8. The first kappa shape index (κ1) is 17.4. The maximum atomic E-state index is 13.8. The minimum absolute atomic E-state index is 0.125. The van der Waals surface area contributed by atoms with Crippen molar-refractivity contribution in [2.24, 2.45) is 0 Å². The number of halogens is 1. The molecule has 0 fully saturated rings. The van der Waals surface area contributed by atoms with Gasteiger partial charge in [0.15, 0.2) is 11.6 Å². The molecular weight excluding hydrogens is 318 g/mol. The molecule has 0 aliphatic carbocycles. The van der Waals surface area contributed by atoms with Gasteiger partial charge in [-0.25, -0.2) is 4.39 Å². The molecule has 0 aliphatic heterocycles. The SMILES string of the molecule is COP(=O)(C/C=C/c1ccc(F)c(Oc2ccccc2)c1)OC. The smallest absolute Gasteiger partial charge is 0.333 e. The Morgan fingerprint density at radius 1 is 1.09 bits per heavy atom. The summed E-state index contributed by atoms with van der Waals surface area (Å²) in [6, 6.07) is 13.5. The van der Waals surface area contributed by atoms with Crippen LogP contribution in [0.4, 0.5) is 4.39 Å². The van der Waals surface area contributed by atoms with Crippen LogP contribution < -0.4 is 4.74 Å². The van der Waals surface area contributed by atoms with Gasteiger partial charge < -0.3 is 13.8 Å². The summed E-state index contributed by atoms with van der Waals surface area (Å²) in [6.07, 6.45) is 3.50. The average molecular weight is 336 g/mol. The second kappa shape index (κ2) is 8.06. The third-order valence-corrected chi connectivity index (χ3v) is 4.89. The van der Waals surface area contributed by atoms with Crippen molar-refractivity contribution in [1.82, 2.24) is 0 Å². The normalized spacial score (nSPS) is 11.8. The van der Waals surface area contributed by atoms with Gasteiger partial charge in [0, 0.05) is 14.2 Å². The van der Waals surface area contributed by atoms with Crippen LogP contribution in [0.1, 0.15) is 5.56 Å². The highest BCUT2D eigenvalue weighted by Gasteiger charge is 2.18. The minimum atomic E-state index is -3.09. The van der Waals surface area contributed by atoms with Crippen LogP contribution in [-0.2, 0) is 13.6 Å². The molecule has 0 heterocycles. The number of hydrogen-bond donors (Lipinski definition) is 0. The van der Waals surface area contributed by atoms with Crippen LogP contribution in [0.3, 0.4) is 0 Å². The Balaban J connectivity index is 2.12. The molecule has 23 heavy (non-hydrogen) atoms. The zero-order chi connectivity index (χ0) is 16.7. The molecular formula is C17H18FO4P. The van der Waals surface area contributed by atoms with E-state index in [1.165, 1.54) is 20.3 Å². The van der Waals surface area contributed by atoms with E-state index in [-0.39, 0.29) is 11.9 Å². The lowest BCUT2D eigenvalue weighted by Gasteiger charge is -2.10. The van der Waals surface area contributed by atoms with Crippen molar-refractivity contribution < 1.29 is 22.7 Å². The molecule has 0 amide bonds. The van der Waals surface area contributed by atoms with Crippen molar-refractivity contribution in [3.63, 3.8) is 0 Å². The van der Waals surface area contributed by atoms with Crippen LogP contribution in [0, 0.1) is 5.82 Å². The van der Waals surface area contributed by atoms with E-state index in [1.807, 2.05) is 18.2 Å². The van der Waals surface area contributed by atoms with Crippen LogP contribution in [0.15, 0.2) is 54.6 Å². The van der Waals surface area contributed by atoms with Gasteiger partial charge >= 0.3 is 7.60 Å². The molecule has 0 N–H and O–H groups in total. The Bertz CT molecular complexity index is 708. The lowest BCUT2D eigenvalue weighted by atomic mass is 10.2. The van der Waals surface area contributed by atoms with E-state index in [0.29, 0.717) is 5.75 Å². The van der Waals surface area contributed by atoms with Gasteiger partial charge in [0.05, 0.1) is 6.16 Å². The Hall–Kier alpha value is -1.94. The second-order valence-corrected chi connectivity index (χ2v) is 6.98. The Kier molecular flexibility index (Phi) is 6.11. The molecule has 0 radical (unpaired) electrons. The molecule has 6 heteroatoms. The number of para-hydroxylation sites is 1. The molecule has 4 nitrogen and oxygen atoms in total. The van der Waals surface area contributed by atoms with Gasteiger partial charge in [-0.3, -0.25) is 4.57 Å². The van der Waals surface area contributed by atoms with E-state index in [1.54, 1.807) is 36.4 Å². The third kappa shape index (κ3) is 5.03. The van der Waals surface area contributed by atoms with E-state index in [2.05, 4.69) is 0 Å². The Morgan fingerprint density at radius 2 is 1.78 bits per heavy atom. The van der Waals surface area contributed by atoms with Crippen molar-refractivity contribution in [1.29, 1.82) is 0 Å². The molecule has 0 spiro atoms. The highest BCUT2D eigenvalue weighted by molar-refractivity contribution is 7.54. The molecule has 0 saturated heterocycles. The maximum Gasteiger partial charge on any atom is 0.333 e. The fourth-order valence-corrected chi connectivity index (χ4v) is 2.67. The van der Waals surface area contributed by atoms with Gasteiger partial charge in [-0.1, -0.05) is 36.4 Å². The minimum Gasteiger partial charge on any atom is -0.454 e. The molecule has 0 atom stereocenters. The summed E-state index contributed by atoms with van der Waals surface area (Å²) in [5.74, 6) is 0.223. The molecule has 0 aliphatic rings. The average Bonchev–Trinajstić information content (AvgIpc) is 2.58. The summed E-state index contributed by atoms with van der Waals surface area (Å²) in [7, 11) is -0.416. The Labute approximate surface area is 135 Å². The van der Waals surface area contributed by atoms with Crippen LogP contribution in [0.2, 0.25) is 0 Å². The van der Waals surface area contributed by atoms with E-state index < -0.39 is 13.4 Å². The van der Waals surface area contributed by atoms with Crippen molar-refractivity contribution in [2.45, 2.75) is 0 Å². The summed E-state index contributed by atoms with van der Waals surface area (Å²) < 4.78 is 41.0. The standard InChI is InChI=1S/C17H18FO4P/c1-20-23(19,21-2)12-6-7-14-10-11-16(18)17(13-14)22-15-8-4-3-5-9-15/h3-11,13H,12H2,1-2H3/b7-6+. The highest BCUT2D eigenvalue weighted by Crippen LogP contribution is 2.46. The largest absolute Gasteiger partial charge is 0.454 e. The molecule has 0 unspecified atom stereocenters. The number of allylic oxidation sites excluding steroid dienone is 1. The summed E-state index contributed by atoms with van der Waals surface area (Å²) in [5.41, 5.74) is 0.719. The first-order valence-electron chi connectivity index (χ1n) is 6.96. The molecule has 0 aromatic heterocycles. The lowest BCUT2D eigenvalue weighted by Crippen LogP contribution is -1.92. The van der Waals surface area contributed by atoms with Crippen LogP contribution in [-0.4, -0.2) is 20.4 Å². The molecule has 2 aromatic rings. The van der Waals surface area contributed by atoms with E-state index in [4.69, 9.17) is 13.8 Å². The summed E-state index contributed by atoms with van der Waals surface area (Å²) in [4.78, 5) is 0. The van der Waals surface area contributed by atoms with Gasteiger partial charge in [0.2, 0.25) is 0 Å². The van der Waals surface area contributed by atoms with Crippen LogP contribution in [0.25, 0.3) is 6.08 Å². The van der Waals surface area contributed by atoms with E-state index in [9.17, 15) is 8.96 Å². The molecule has 0 saturated carbocycles. The zero-order valence-corrected chi connectivity index (χ0v) is 13.8. The van der Waals surface area contributed by atoms with Crippen molar-refractivity contribution in [3.8, 4) is 11.5 Å². The molecule has 0 bridgehead atoms. The van der Waals surface area contributed by atoms with Crippen molar-refractivity contribution in [2.75, 3.05) is 20.4 Å². The third-order valence-electron chi connectivity index (χ3n) is 3.12. The van der Waals surface area contributed by atoms with E-state index >= 15 is 0 Å². The van der Waals surface area contributed by atoms with Crippen molar-refractivity contribution >= 4 is 13.7 Å². The van der Waals surface area contributed by atoms with Crippen LogP contribution in [0.5, 0.6) is 11.5 Å². The summed E-state index contributed by atoms with van der Waals surface area (Å²) in [6.45, 7) is 0. The van der Waals surface area contributed by atoms with Crippen molar-refractivity contribution in [3.05, 3.63) is 66.0 Å². The molecule has 2 aromatic carbocycles. The summed E-state index contributed by atoms with van der Waals surface area (Å²) >= 11 is 0. The number of ether oxygens (including phenoxy) is 1. The van der Waals surface area contributed by atoms with Gasteiger partial charge in [-0.05, 0) is 29.8 Å². The van der Waals surface area contributed by atoms with Crippen LogP contribution >= 0.6 is 7.60 Å². The first-order chi connectivity index (χ1) is 11.1. The van der Waals surface area contributed by atoms with Gasteiger partial charge in [-0.15, -0.1) is 0 Å². The quantitative estimate of drug-likeness (QED) is 0.659. The fourth-order valence-electron chi connectivity index (χ4n) is 1.86. The molecule has 122 valence electrons. The predicted molar refractivity (Wildman–Crippen MR) is 88.4 cm³/mol. The second-order valence-electron chi connectivity index (χ2n) is 4.67. The van der Waals surface area contributed by atoms with Gasteiger partial charge in [-0.2, -0.15) is 0 Å². The lowest BCUT2D eigenvalue weighted by molar-refractivity contribution is 0.279. The summed E-state index contributed by atoms with van der Waals surface area (Å²) in [5, 5.41) is 0. The number of benzene rings is 2. The topological polar surface area (TPSA) is 44.8 Å². The first-order valence-corrected chi connectivity index (χ1v) is 8.68. The fraction of sp³-hybridized carbons (Fsp3) is 0.176. The number of hydrogen-bond acceptors (Lipinski definition) is 4.